The van der Waals surface area contributed by atoms with E-state index < -0.39 is 18.0 Å². The molecular formula is C19H16N2O4. The number of carbonyl (C=O) groups excluding carboxylic acids is 3. The predicted octanol–water partition coefficient (Wildman–Crippen LogP) is 2.94. The lowest BCUT2D eigenvalue weighted by Crippen LogP contribution is -2.30. The molecule has 0 aliphatic rings. The van der Waals surface area contributed by atoms with Gasteiger partial charge in [0.1, 0.15) is 0 Å². The number of nitriles is 1. The first kappa shape index (κ1) is 17.9. The standard InChI is InChI=1S/C19H16N2O4/c1-12(22)16-8-3-4-9-17(16)21-18(23)13(2)25-19(24)15-7-5-6-14(10-15)11-20/h3-10,13H,1-2H3,(H,21,23). The second-order valence-electron chi connectivity index (χ2n) is 5.33. The van der Waals surface area contributed by atoms with E-state index in [0.29, 0.717) is 16.8 Å². The maximum Gasteiger partial charge on any atom is 0.338 e. The Morgan fingerprint density at radius 3 is 2.52 bits per heavy atom. The SMILES string of the molecule is CC(=O)c1ccccc1NC(=O)C(C)OC(=O)c1cccc(C#N)c1. The van der Waals surface area contributed by atoms with E-state index in [0.717, 1.165) is 0 Å². The Kier molecular flexibility index (Phi) is 5.64. The van der Waals surface area contributed by atoms with Crippen molar-refractivity contribution in [3.8, 4) is 6.07 Å². The monoisotopic (exact) mass is 336 g/mol. The Hall–Kier alpha value is -3.46. The second kappa shape index (κ2) is 7.88. The third kappa shape index (κ3) is 4.52. The summed E-state index contributed by atoms with van der Waals surface area (Å²) in [6, 6.07) is 14.5. The molecule has 1 unspecified atom stereocenters. The molecule has 2 aromatic rings. The van der Waals surface area contributed by atoms with Crippen molar-refractivity contribution in [3.63, 3.8) is 0 Å². The lowest BCUT2D eigenvalue weighted by atomic mass is 10.1. The molecule has 0 fully saturated rings. The summed E-state index contributed by atoms with van der Waals surface area (Å²) in [6.07, 6.45) is -1.07. The third-order valence-electron chi connectivity index (χ3n) is 3.44. The predicted molar refractivity (Wildman–Crippen MR) is 91.1 cm³/mol. The maximum absolute atomic E-state index is 12.2. The summed E-state index contributed by atoms with van der Waals surface area (Å²) in [5, 5.41) is 11.4. The van der Waals surface area contributed by atoms with Gasteiger partial charge in [-0.3, -0.25) is 9.59 Å². The molecule has 1 amide bonds. The highest BCUT2D eigenvalue weighted by Gasteiger charge is 2.20. The number of ketones is 1. The number of Topliss-reactive ketones (excluding diaryl/α,β-unsaturated/α-hetero) is 1. The van der Waals surface area contributed by atoms with Gasteiger partial charge >= 0.3 is 5.97 Å². The summed E-state index contributed by atoms with van der Waals surface area (Å²) in [4.78, 5) is 35.9. The van der Waals surface area contributed by atoms with Gasteiger partial charge in [0, 0.05) is 5.56 Å². The fraction of sp³-hybridized carbons (Fsp3) is 0.158. The number of esters is 1. The molecule has 0 bridgehead atoms. The van der Waals surface area contributed by atoms with E-state index in [1.165, 1.54) is 26.0 Å². The Bertz CT molecular complexity index is 868. The molecule has 1 N–H and O–H groups in total. The Morgan fingerprint density at radius 1 is 1.12 bits per heavy atom. The van der Waals surface area contributed by atoms with Crippen LogP contribution >= 0.6 is 0 Å². The van der Waals surface area contributed by atoms with E-state index in [4.69, 9.17) is 10.00 Å². The number of carbonyl (C=O) groups is 3. The third-order valence-corrected chi connectivity index (χ3v) is 3.44. The van der Waals surface area contributed by atoms with Crippen LogP contribution in [0, 0.1) is 11.3 Å². The number of rotatable bonds is 5. The smallest absolute Gasteiger partial charge is 0.338 e. The number of ether oxygens (including phenoxy) is 1. The average Bonchev–Trinajstić information content (AvgIpc) is 2.61. The highest BCUT2D eigenvalue weighted by molar-refractivity contribution is 6.05. The zero-order chi connectivity index (χ0) is 18.4. The molecule has 0 radical (unpaired) electrons. The number of nitrogens with zero attached hydrogens (tertiary/aromatic N) is 1. The molecule has 2 aromatic carbocycles. The van der Waals surface area contributed by atoms with Crippen LogP contribution in [0.15, 0.2) is 48.5 Å². The minimum Gasteiger partial charge on any atom is -0.449 e. The first-order valence-electron chi connectivity index (χ1n) is 7.54. The van der Waals surface area contributed by atoms with Crippen molar-refractivity contribution in [2.45, 2.75) is 20.0 Å². The summed E-state index contributed by atoms with van der Waals surface area (Å²) < 4.78 is 5.12. The number of para-hydroxylation sites is 1. The Balaban J connectivity index is 2.07. The molecule has 0 aliphatic carbocycles. The lowest BCUT2D eigenvalue weighted by Gasteiger charge is -2.15. The first-order valence-corrected chi connectivity index (χ1v) is 7.54. The molecular weight excluding hydrogens is 320 g/mol. The van der Waals surface area contributed by atoms with E-state index in [9.17, 15) is 14.4 Å². The summed E-state index contributed by atoms with van der Waals surface area (Å²) >= 11 is 0. The van der Waals surface area contributed by atoms with Crippen LogP contribution < -0.4 is 5.32 Å². The van der Waals surface area contributed by atoms with Crippen LogP contribution in [-0.2, 0) is 9.53 Å². The van der Waals surface area contributed by atoms with Gasteiger partial charge in [-0.2, -0.15) is 5.26 Å². The molecule has 6 heteroatoms. The average molecular weight is 336 g/mol. The summed E-state index contributed by atoms with van der Waals surface area (Å²) in [5.74, 6) is -1.45. The van der Waals surface area contributed by atoms with Gasteiger partial charge in [0.25, 0.3) is 5.91 Å². The van der Waals surface area contributed by atoms with Crippen LogP contribution in [-0.4, -0.2) is 23.8 Å². The number of nitrogens with one attached hydrogen (secondary N) is 1. The van der Waals surface area contributed by atoms with Crippen molar-refractivity contribution in [2.24, 2.45) is 0 Å². The largest absolute Gasteiger partial charge is 0.449 e. The van der Waals surface area contributed by atoms with Crippen molar-refractivity contribution in [1.82, 2.24) is 0 Å². The lowest BCUT2D eigenvalue weighted by molar-refractivity contribution is -0.123. The zero-order valence-corrected chi connectivity index (χ0v) is 13.8. The Labute approximate surface area is 145 Å². The van der Waals surface area contributed by atoms with Crippen molar-refractivity contribution in [2.75, 3.05) is 5.32 Å². The highest BCUT2D eigenvalue weighted by Crippen LogP contribution is 2.16. The minimum absolute atomic E-state index is 0.183. The van der Waals surface area contributed by atoms with Crippen LogP contribution in [0.25, 0.3) is 0 Å². The van der Waals surface area contributed by atoms with Crippen LogP contribution in [0.3, 0.4) is 0 Å². The molecule has 0 heterocycles. The van der Waals surface area contributed by atoms with E-state index in [1.54, 1.807) is 36.4 Å². The molecule has 6 nitrogen and oxygen atoms in total. The van der Waals surface area contributed by atoms with Gasteiger partial charge in [-0.25, -0.2) is 4.79 Å². The van der Waals surface area contributed by atoms with Gasteiger partial charge in [-0.05, 0) is 44.2 Å². The van der Waals surface area contributed by atoms with Gasteiger partial charge in [-0.15, -0.1) is 0 Å². The number of hydrogen-bond acceptors (Lipinski definition) is 5. The normalized spacial score (nSPS) is 11.1. The van der Waals surface area contributed by atoms with Gasteiger partial charge in [-0.1, -0.05) is 18.2 Å². The quantitative estimate of drug-likeness (QED) is 0.669. The maximum atomic E-state index is 12.2. The molecule has 126 valence electrons. The van der Waals surface area contributed by atoms with Crippen LogP contribution in [0.5, 0.6) is 0 Å². The molecule has 2 rings (SSSR count). The van der Waals surface area contributed by atoms with Crippen LogP contribution in [0.1, 0.15) is 40.1 Å². The van der Waals surface area contributed by atoms with Gasteiger partial charge in [0.2, 0.25) is 0 Å². The zero-order valence-electron chi connectivity index (χ0n) is 13.8. The second-order valence-corrected chi connectivity index (χ2v) is 5.33. The molecule has 0 aromatic heterocycles. The fourth-order valence-electron chi connectivity index (χ4n) is 2.13. The number of hydrogen-bond donors (Lipinski definition) is 1. The first-order chi connectivity index (χ1) is 11.9. The molecule has 0 saturated carbocycles. The van der Waals surface area contributed by atoms with Crippen molar-refractivity contribution in [1.29, 1.82) is 5.26 Å². The van der Waals surface area contributed by atoms with Crippen LogP contribution in [0.2, 0.25) is 0 Å². The van der Waals surface area contributed by atoms with E-state index in [1.807, 2.05) is 6.07 Å². The summed E-state index contributed by atoms with van der Waals surface area (Å²) in [5.41, 5.74) is 1.23. The minimum atomic E-state index is -1.07. The topological polar surface area (TPSA) is 96.3 Å². The summed E-state index contributed by atoms with van der Waals surface area (Å²) in [7, 11) is 0. The molecule has 0 aliphatic heterocycles. The van der Waals surface area contributed by atoms with Crippen molar-refractivity contribution < 1.29 is 19.1 Å². The van der Waals surface area contributed by atoms with Gasteiger partial charge < -0.3 is 10.1 Å². The molecule has 0 spiro atoms. The fourth-order valence-corrected chi connectivity index (χ4v) is 2.13. The molecule has 1 atom stereocenters. The molecule has 0 saturated heterocycles. The van der Waals surface area contributed by atoms with E-state index >= 15 is 0 Å². The number of benzene rings is 2. The van der Waals surface area contributed by atoms with E-state index in [-0.39, 0.29) is 11.3 Å². The Morgan fingerprint density at radius 2 is 1.84 bits per heavy atom. The van der Waals surface area contributed by atoms with Gasteiger partial charge in [0.15, 0.2) is 11.9 Å². The highest BCUT2D eigenvalue weighted by atomic mass is 16.5. The molecule has 25 heavy (non-hydrogen) atoms. The number of amides is 1. The van der Waals surface area contributed by atoms with Crippen molar-refractivity contribution in [3.05, 3.63) is 65.2 Å². The van der Waals surface area contributed by atoms with E-state index in [2.05, 4.69) is 5.32 Å². The van der Waals surface area contributed by atoms with Gasteiger partial charge in [0.05, 0.1) is 22.9 Å². The number of anilines is 1. The van der Waals surface area contributed by atoms with Crippen molar-refractivity contribution >= 4 is 23.3 Å². The van der Waals surface area contributed by atoms with Crippen LogP contribution in [0.4, 0.5) is 5.69 Å². The summed E-state index contributed by atoms with van der Waals surface area (Å²) in [6.45, 7) is 2.83.